The van der Waals surface area contributed by atoms with Gasteiger partial charge in [-0.25, -0.2) is 0 Å². The number of nitrogens with one attached hydrogen (secondary N) is 1. The van der Waals surface area contributed by atoms with Gasteiger partial charge in [-0.1, -0.05) is 24.3 Å². The lowest BCUT2D eigenvalue weighted by Crippen LogP contribution is -2.53. The lowest BCUT2D eigenvalue weighted by atomic mass is 9.95. The molecule has 2 amide bonds. The second-order valence-corrected chi connectivity index (χ2v) is 7.13. The fraction of sp³-hybridized carbons (Fsp3) is 0.333. The largest absolute Gasteiger partial charge is 0.345 e. The number of nitrogens with two attached hydrogens (primary N) is 1. The number of anilines is 1. The van der Waals surface area contributed by atoms with Crippen molar-refractivity contribution in [3.05, 3.63) is 65.7 Å². The van der Waals surface area contributed by atoms with E-state index in [-0.39, 0.29) is 11.8 Å². The van der Waals surface area contributed by atoms with E-state index in [1.54, 1.807) is 36.2 Å². The molecule has 136 valence electrons. The van der Waals surface area contributed by atoms with E-state index in [1.807, 2.05) is 37.3 Å². The summed E-state index contributed by atoms with van der Waals surface area (Å²) in [7, 11) is 1.73. The van der Waals surface area contributed by atoms with Crippen molar-refractivity contribution in [2.24, 2.45) is 11.7 Å². The summed E-state index contributed by atoms with van der Waals surface area (Å²) in [4.78, 5) is 27.0. The lowest BCUT2D eigenvalue weighted by molar-refractivity contribution is 0.0898. The maximum atomic E-state index is 12.8. The average Bonchev–Trinajstić information content (AvgIpc) is 3.53. The van der Waals surface area contributed by atoms with Crippen LogP contribution in [0.5, 0.6) is 0 Å². The standard InChI is InChI=1S/C21H25N3O2/c1-21(14-22,17-11-12-17)23-19(25)15-7-6-8-16(13-15)20(26)24(2)18-9-4-3-5-10-18/h3-10,13,17H,11-12,14,22H2,1-2H3,(H,23,25). The molecule has 0 aromatic heterocycles. The zero-order chi connectivity index (χ0) is 18.7. The van der Waals surface area contributed by atoms with Gasteiger partial charge in [-0.05, 0) is 56.0 Å². The van der Waals surface area contributed by atoms with Crippen LogP contribution in [0.2, 0.25) is 0 Å². The first-order valence-corrected chi connectivity index (χ1v) is 8.90. The maximum absolute atomic E-state index is 12.8. The molecule has 1 fully saturated rings. The maximum Gasteiger partial charge on any atom is 0.258 e. The van der Waals surface area contributed by atoms with Crippen LogP contribution in [0.3, 0.4) is 0 Å². The Labute approximate surface area is 154 Å². The Hall–Kier alpha value is -2.66. The highest BCUT2D eigenvalue weighted by Gasteiger charge is 2.41. The van der Waals surface area contributed by atoms with E-state index < -0.39 is 5.54 Å². The van der Waals surface area contributed by atoms with E-state index in [1.165, 1.54) is 0 Å². The van der Waals surface area contributed by atoms with Crippen LogP contribution in [-0.2, 0) is 0 Å². The summed E-state index contributed by atoms with van der Waals surface area (Å²) >= 11 is 0. The van der Waals surface area contributed by atoms with Crippen molar-refractivity contribution in [2.75, 3.05) is 18.5 Å². The summed E-state index contributed by atoms with van der Waals surface area (Å²) in [6.45, 7) is 2.39. The summed E-state index contributed by atoms with van der Waals surface area (Å²) < 4.78 is 0. The third-order valence-corrected chi connectivity index (χ3v) is 5.12. The molecule has 26 heavy (non-hydrogen) atoms. The molecule has 1 aliphatic rings. The van der Waals surface area contributed by atoms with Crippen molar-refractivity contribution in [3.8, 4) is 0 Å². The topological polar surface area (TPSA) is 75.4 Å². The normalized spacial score (nSPS) is 15.8. The minimum absolute atomic E-state index is 0.158. The van der Waals surface area contributed by atoms with Gasteiger partial charge in [0.15, 0.2) is 0 Å². The van der Waals surface area contributed by atoms with E-state index in [0.717, 1.165) is 18.5 Å². The van der Waals surface area contributed by atoms with Gasteiger partial charge in [-0.3, -0.25) is 9.59 Å². The molecule has 5 nitrogen and oxygen atoms in total. The number of carbonyl (C=O) groups is 2. The first kappa shape index (κ1) is 18.1. The Morgan fingerprint density at radius 2 is 1.77 bits per heavy atom. The molecule has 2 aromatic carbocycles. The van der Waals surface area contributed by atoms with Crippen LogP contribution >= 0.6 is 0 Å². The van der Waals surface area contributed by atoms with Crippen molar-refractivity contribution in [2.45, 2.75) is 25.3 Å². The number of para-hydroxylation sites is 1. The number of hydrogen-bond acceptors (Lipinski definition) is 3. The minimum Gasteiger partial charge on any atom is -0.345 e. The highest BCUT2D eigenvalue weighted by molar-refractivity contribution is 6.07. The summed E-state index contributed by atoms with van der Waals surface area (Å²) in [5.41, 5.74) is 7.24. The monoisotopic (exact) mass is 351 g/mol. The predicted molar refractivity (Wildman–Crippen MR) is 103 cm³/mol. The van der Waals surface area contributed by atoms with Gasteiger partial charge < -0.3 is 16.0 Å². The highest BCUT2D eigenvalue weighted by Crippen LogP contribution is 2.39. The van der Waals surface area contributed by atoms with Crippen LogP contribution < -0.4 is 16.0 Å². The Balaban J connectivity index is 1.77. The Kier molecular flexibility index (Phi) is 5.09. The van der Waals surface area contributed by atoms with Gasteiger partial charge >= 0.3 is 0 Å². The third-order valence-electron chi connectivity index (χ3n) is 5.12. The molecular formula is C21H25N3O2. The number of carbonyl (C=O) groups excluding carboxylic acids is 2. The fourth-order valence-electron chi connectivity index (χ4n) is 3.13. The zero-order valence-corrected chi connectivity index (χ0v) is 15.2. The first-order chi connectivity index (χ1) is 12.4. The molecule has 2 aromatic rings. The van der Waals surface area contributed by atoms with Gasteiger partial charge in [-0.15, -0.1) is 0 Å². The Morgan fingerprint density at radius 1 is 1.12 bits per heavy atom. The van der Waals surface area contributed by atoms with Crippen LogP contribution in [0.15, 0.2) is 54.6 Å². The molecule has 0 bridgehead atoms. The molecule has 0 radical (unpaired) electrons. The molecule has 0 saturated heterocycles. The van der Waals surface area contributed by atoms with Crippen molar-refractivity contribution in [3.63, 3.8) is 0 Å². The molecule has 1 saturated carbocycles. The van der Waals surface area contributed by atoms with Crippen molar-refractivity contribution in [1.82, 2.24) is 5.32 Å². The van der Waals surface area contributed by atoms with E-state index in [9.17, 15) is 9.59 Å². The van der Waals surface area contributed by atoms with Gasteiger partial charge in [0.25, 0.3) is 11.8 Å². The molecule has 0 aliphatic heterocycles. The molecule has 1 aliphatic carbocycles. The highest BCUT2D eigenvalue weighted by atomic mass is 16.2. The quantitative estimate of drug-likeness (QED) is 0.840. The third kappa shape index (κ3) is 3.78. The average molecular weight is 351 g/mol. The van der Waals surface area contributed by atoms with Gasteiger partial charge in [0.05, 0.1) is 5.54 Å². The molecule has 0 spiro atoms. The molecule has 3 N–H and O–H groups in total. The van der Waals surface area contributed by atoms with E-state index >= 15 is 0 Å². The van der Waals surface area contributed by atoms with Crippen LogP contribution in [0.25, 0.3) is 0 Å². The van der Waals surface area contributed by atoms with Gasteiger partial charge in [0.1, 0.15) is 0 Å². The summed E-state index contributed by atoms with van der Waals surface area (Å²) in [6.07, 6.45) is 2.18. The summed E-state index contributed by atoms with van der Waals surface area (Å²) in [5.74, 6) is 0.0852. The van der Waals surface area contributed by atoms with Crippen LogP contribution in [0.4, 0.5) is 5.69 Å². The second kappa shape index (κ2) is 7.30. The molecule has 0 heterocycles. The van der Waals surface area contributed by atoms with Crippen molar-refractivity contribution in [1.29, 1.82) is 0 Å². The van der Waals surface area contributed by atoms with Gasteiger partial charge in [0.2, 0.25) is 0 Å². The van der Waals surface area contributed by atoms with Crippen LogP contribution in [-0.4, -0.2) is 30.9 Å². The number of hydrogen-bond donors (Lipinski definition) is 2. The SMILES string of the molecule is CN(C(=O)c1cccc(C(=O)NC(C)(CN)C2CC2)c1)c1ccccc1. The second-order valence-electron chi connectivity index (χ2n) is 7.13. The fourth-order valence-corrected chi connectivity index (χ4v) is 3.13. The Morgan fingerprint density at radius 3 is 2.38 bits per heavy atom. The molecule has 1 atom stereocenters. The molecule has 5 heteroatoms. The van der Waals surface area contributed by atoms with E-state index in [4.69, 9.17) is 5.73 Å². The molecular weight excluding hydrogens is 326 g/mol. The number of nitrogens with zero attached hydrogens (tertiary/aromatic N) is 1. The van der Waals surface area contributed by atoms with Crippen LogP contribution in [0, 0.1) is 5.92 Å². The predicted octanol–water partition coefficient (Wildman–Crippen LogP) is 2.82. The molecule has 3 rings (SSSR count). The number of benzene rings is 2. The summed E-state index contributed by atoms with van der Waals surface area (Å²) in [5, 5.41) is 3.06. The van der Waals surface area contributed by atoms with E-state index in [2.05, 4.69) is 5.32 Å². The number of rotatable bonds is 6. The minimum atomic E-state index is -0.391. The summed E-state index contributed by atoms with van der Waals surface area (Å²) in [6, 6.07) is 16.2. The Bertz CT molecular complexity index is 802. The van der Waals surface area contributed by atoms with Crippen LogP contribution in [0.1, 0.15) is 40.5 Å². The van der Waals surface area contributed by atoms with Crippen molar-refractivity contribution < 1.29 is 9.59 Å². The van der Waals surface area contributed by atoms with Crippen molar-refractivity contribution >= 4 is 17.5 Å². The smallest absolute Gasteiger partial charge is 0.258 e. The van der Waals surface area contributed by atoms with E-state index in [0.29, 0.717) is 23.6 Å². The zero-order valence-electron chi connectivity index (χ0n) is 15.2. The first-order valence-electron chi connectivity index (χ1n) is 8.90. The van der Waals surface area contributed by atoms with Gasteiger partial charge in [-0.2, -0.15) is 0 Å². The lowest BCUT2D eigenvalue weighted by Gasteiger charge is -2.29. The van der Waals surface area contributed by atoms with Gasteiger partial charge in [0, 0.05) is 30.4 Å². The number of amides is 2. The molecule has 1 unspecified atom stereocenters.